The molecule has 2 unspecified atom stereocenters. The minimum atomic E-state index is -0.602. The van der Waals surface area contributed by atoms with Gasteiger partial charge in [0.15, 0.2) is 0 Å². The van der Waals surface area contributed by atoms with E-state index in [1.165, 1.54) is 5.56 Å². The zero-order chi connectivity index (χ0) is 15.8. The predicted molar refractivity (Wildman–Crippen MR) is 86.1 cm³/mol. The molecule has 0 aromatic heterocycles. The van der Waals surface area contributed by atoms with Crippen molar-refractivity contribution in [1.82, 2.24) is 10.6 Å². The van der Waals surface area contributed by atoms with Crippen molar-refractivity contribution < 1.29 is 9.90 Å². The minimum absolute atomic E-state index is 0.0445. The average Bonchev–Trinajstić information content (AvgIpc) is 2.44. The van der Waals surface area contributed by atoms with Gasteiger partial charge < -0.3 is 15.7 Å². The van der Waals surface area contributed by atoms with Crippen LogP contribution in [-0.2, 0) is 11.2 Å². The molecule has 2 atom stereocenters. The lowest BCUT2D eigenvalue weighted by Crippen LogP contribution is -2.43. The number of aliphatic hydroxyl groups is 1. The van der Waals surface area contributed by atoms with Crippen LogP contribution in [0.4, 0.5) is 0 Å². The first-order chi connectivity index (χ1) is 9.93. The van der Waals surface area contributed by atoms with E-state index >= 15 is 0 Å². The standard InChI is InChI=1S/C17H28N2O2/c1-5-18-17(21)13(4)19-11-16(20)15-8-6-14(7-9-15)10-12(2)3/h6-9,12-13,16,19-20H,5,10-11H2,1-4H3,(H,18,21). The SMILES string of the molecule is CCNC(=O)C(C)NCC(O)c1ccc(CC(C)C)cc1. The van der Waals surface area contributed by atoms with Crippen LogP contribution in [0.5, 0.6) is 0 Å². The van der Waals surface area contributed by atoms with Crippen molar-refractivity contribution in [3.63, 3.8) is 0 Å². The van der Waals surface area contributed by atoms with E-state index in [2.05, 4.69) is 36.6 Å². The Balaban J connectivity index is 2.48. The van der Waals surface area contributed by atoms with Gasteiger partial charge in [-0.05, 0) is 37.3 Å². The fraction of sp³-hybridized carbons (Fsp3) is 0.588. The van der Waals surface area contributed by atoms with Crippen LogP contribution >= 0.6 is 0 Å². The topological polar surface area (TPSA) is 61.4 Å². The van der Waals surface area contributed by atoms with Crippen LogP contribution in [0.1, 0.15) is 44.9 Å². The second kappa shape index (κ2) is 8.80. The number of carbonyl (C=O) groups is 1. The van der Waals surface area contributed by atoms with Crippen molar-refractivity contribution in [2.45, 2.75) is 46.3 Å². The van der Waals surface area contributed by atoms with Crippen molar-refractivity contribution in [3.05, 3.63) is 35.4 Å². The first-order valence-corrected chi connectivity index (χ1v) is 7.72. The molecule has 0 saturated carbocycles. The van der Waals surface area contributed by atoms with Crippen LogP contribution in [-0.4, -0.2) is 30.1 Å². The molecule has 1 aromatic carbocycles. The summed E-state index contributed by atoms with van der Waals surface area (Å²) in [5.41, 5.74) is 2.16. The normalized spacial score (nSPS) is 14.0. The lowest BCUT2D eigenvalue weighted by molar-refractivity contribution is -0.122. The molecule has 0 radical (unpaired) electrons. The highest BCUT2D eigenvalue weighted by Gasteiger charge is 2.14. The lowest BCUT2D eigenvalue weighted by Gasteiger charge is -2.17. The highest BCUT2D eigenvalue weighted by molar-refractivity contribution is 5.81. The number of amides is 1. The van der Waals surface area contributed by atoms with Crippen molar-refractivity contribution in [3.8, 4) is 0 Å². The largest absolute Gasteiger partial charge is 0.387 e. The molecule has 0 aliphatic rings. The van der Waals surface area contributed by atoms with Gasteiger partial charge in [0.05, 0.1) is 12.1 Å². The summed E-state index contributed by atoms with van der Waals surface area (Å²) in [6, 6.07) is 7.74. The van der Waals surface area contributed by atoms with Crippen LogP contribution in [0.25, 0.3) is 0 Å². The summed E-state index contributed by atoms with van der Waals surface area (Å²) in [5, 5.41) is 16.0. The molecule has 0 heterocycles. The minimum Gasteiger partial charge on any atom is -0.387 e. The molecule has 1 amide bonds. The van der Waals surface area contributed by atoms with Gasteiger partial charge in [0, 0.05) is 13.1 Å². The number of hydrogen-bond acceptors (Lipinski definition) is 3. The highest BCUT2D eigenvalue weighted by atomic mass is 16.3. The Labute approximate surface area is 128 Å². The first kappa shape index (κ1) is 17.7. The van der Waals surface area contributed by atoms with Gasteiger partial charge >= 0.3 is 0 Å². The smallest absolute Gasteiger partial charge is 0.236 e. The van der Waals surface area contributed by atoms with Crippen LogP contribution < -0.4 is 10.6 Å². The Morgan fingerprint density at radius 2 is 1.81 bits per heavy atom. The van der Waals surface area contributed by atoms with Gasteiger partial charge in [0.25, 0.3) is 0 Å². The van der Waals surface area contributed by atoms with Gasteiger partial charge in [0.2, 0.25) is 5.91 Å². The summed E-state index contributed by atoms with van der Waals surface area (Å²) in [7, 11) is 0. The van der Waals surface area contributed by atoms with Crippen molar-refractivity contribution in [2.75, 3.05) is 13.1 Å². The molecule has 1 aromatic rings. The average molecular weight is 292 g/mol. The Morgan fingerprint density at radius 3 is 2.33 bits per heavy atom. The van der Waals surface area contributed by atoms with E-state index in [1.807, 2.05) is 19.1 Å². The zero-order valence-corrected chi connectivity index (χ0v) is 13.5. The fourth-order valence-electron chi connectivity index (χ4n) is 2.17. The van der Waals surface area contributed by atoms with Gasteiger partial charge in [-0.3, -0.25) is 4.79 Å². The van der Waals surface area contributed by atoms with E-state index in [0.29, 0.717) is 19.0 Å². The van der Waals surface area contributed by atoms with Crippen LogP contribution in [0.3, 0.4) is 0 Å². The summed E-state index contributed by atoms with van der Waals surface area (Å²) in [6.07, 6.45) is 0.443. The molecule has 0 spiro atoms. The lowest BCUT2D eigenvalue weighted by atomic mass is 10.00. The molecule has 0 aliphatic heterocycles. The maximum atomic E-state index is 11.6. The summed E-state index contributed by atoms with van der Waals surface area (Å²) < 4.78 is 0. The second-order valence-corrected chi connectivity index (χ2v) is 5.88. The van der Waals surface area contributed by atoms with Crippen LogP contribution in [0.15, 0.2) is 24.3 Å². The molecule has 0 bridgehead atoms. The van der Waals surface area contributed by atoms with Crippen LogP contribution in [0.2, 0.25) is 0 Å². The van der Waals surface area contributed by atoms with E-state index in [-0.39, 0.29) is 11.9 Å². The number of benzene rings is 1. The molecule has 1 rings (SSSR count). The van der Waals surface area contributed by atoms with Gasteiger partial charge in [-0.2, -0.15) is 0 Å². The number of carbonyl (C=O) groups excluding carboxylic acids is 1. The molecule has 4 heteroatoms. The molecule has 0 aliphatic carbocycles. The highest BCUT2D eigenvalue weighted by Crippen LogP contribution is 2.15. The summed E-state index contributed by atoms with van der Waals surface area (Å²) >= 11 is 0. The zero-order valence-electron chi connectivity index (χ0n) is 13.5. The van der Waals surface area contributed by atoms with Gasteiger partial charge in [-0.1, -0.05) is 38.1 Å². The maximum absolute atomic E-state index is 11.6. The Kier molecular flexibility index (Phi) is 7.40. The summed E-state index contributed by atoms with van der Waals surface area (Å²) in [5.74, 6) is 0.581. The maximum Gasteiger partial charge on any atom is 0.236 e. The van der Waals surface area contributed by atoms with Crippen molar-refractivity contribution in [2.24, 2.45) is 5.92 Å². The molecule has 0 fully saturated rings. The number of likely N-dealkylation sites (N-methyl/N-ethyl adjacent to an activating group) is 1. The van der Waals surface area contributed by atoms with Gasteiger partial charge in [-0.25, -0.2) is 0 Å². The summed E-state index contributed by atoms with van der Waals surface area (Å²) in [6.45, 7) is 9.04. The van der Waals surface area contributed by atoms with Gasteiger partial charge in [0.1, 0.15) is 0 Å². The van der Waals surface area contributed by atoms with Crippen LogP contribution in [0, 0.1) is 5.92 Å². The fourth-order valence-corrected chi connectivity index (χ4v) is 2.17. The predicted octanol–water partition coefficient (Wildman–Crippen LogP) is 2.03. The second-order valence-electron chi connectivity index (χ2n) is 5.88. The number of aliphatic hydroxyl groups excluding tert-OH is 1. The third-order valence-corrected chi connectivity index (χ3v) is 3.37. The van der Waals surface area contributed by atoms with Gasteiger partial charge in [-0.15, -0.1) is 0 Å². The quantitative estimate of drug-likeness (QED) is 0.687. The van der Waals surface area contributed by atoms with E-state index in [1.54, 1.807) is 6.92 Å². The first-order valence-electron chi connectivity index (χ1n) is 7.72. The third-order valence-electron chi connectivity index (χ3n) is 3.37. The molecule has 21 heavy (non-hydrogen) atoms. The molecular weight excluding hydrogens is 264 g/mol. The molecule has 0 saturated heterocycles. The number of rotatable bonds is 8. The third kappa shape index (κ3) is 6.27. The number of hydrogen-bond donors (Lipinski definition) is 3. The number of nitrogens with one attached hydrogen (secondary N) is 2. The van der Waals surface area contributed by atoms with Crippen molar-refractivity contribution in [1.29, 1.82) is 0 Å². The van der Waals surface area contributed by atoms with E-state index < -0.39 is 6.10 Å². The monoisotopic (exact) mass is 292 g/mol. The Bertz CT molecular complexity index is 429. The molecular formula is C17H28N2O2. The van der Waals surface area contributed by atoms with E-state index in [4.69, 9.17) is 0 Å². The molecule has 118 valence electrons. The van der Waals surface area contributed by atoms with Crippen molar-refractivity contribution >= 4 is 5.91 Å². The molecule has 4 nitrogen and oxygen atoms in total. The summed E-state index contributed by atoms with van der Waals surface area (Å²) in [4.78, 5) is 11.6. The Morgan fingerprint density at radius 1 is 1.19 bits per heavy atom. The Hall–Kier alpha value is -1.39. The van der Waals surface area contributed by atoms with E-state index in [0.717, 1.165) is 12.0 Å². The van der Waals surface area contributed by atoms with E-state index in [9.17, 15) is 9.90 Å². The molecule has 3 N–H and O–H groups in total.